The van der Waals surface area contributed by atoms with E-state index in [2.05, 4.69) is 65.0 Å². The van der Waals surface area contributed by atoms with Crippen molar-refractivity contribution in [2.45, 2.75) is 59.0 Å². The van der Waals surface area contributed by atoms with Gasteiger partial charge in [-0.15, -0.1) is 0 Å². The van der Waals surface area contributed by atoms with Crippen molar-refractivity contribution >= 4 is 0 Å². The van der Waals surface area contributed by atoms with E-state index in [1.54, 1.807) is 0 Å². The van der Waals surface area contributed by atoms with E-state index in [-0.39, 0.29) is 0 Å². The number of piperazine rings is 1. The summed E-state index contributed by atoms with van der Waals surface area (Å²) in [5.74, 6) is 2.21. The van der Waals surface area contributed by atoms with Crippen molar-refractivity contribution in [2.24, 2.45) is 0 Å². The molecule has 142 valence electrons. The standard InChI is InChI=1S/C21H32N4O/c1-4-5-6-21-22-20(23-26-21)16-25-13-11-24(12-14-25)15-18-7-9-19(10-8-18)17(2)3/h7-10,17H,4-6,11-16H2,1-3H3. The summed E-state index contributed by atoms with van der Waals surface area (Å²) in [7, 11) is 0. The lowest BCUT2D eigenvalue weighted by molar-refractivity contribution is 0.119. The summed E-state index contributed by atoms with van der Waals surface area (Å²) in [5.41, 5.74) is 2.82. The monoisotopic (exact) mass is 356 g/mol. The highest BCUT2D eigenvalue weighted by atomic mass is 16.5. The summed E-state index contributed by atoms with van der Waals surface area (Å²) in [6.07, 6.45) is 3.16. The van der Waals surface area contributed by atoms with E-state index in [1.165, 1.54) is 11.1 Å². The maximum atomic E-state index is 5.34. The zero-order chi connectivity index (χ0) is 18.4. The molecule has 5 nitrogen and oxygen atoms in total. The number of unbranched alkanes of at least 4 members (excludes halogenated alkanes) is 1. The van der Waals surface area contributed by atoms with Crippen molar-refractivity contribution in [1.82, 2.24) is 19.9 Å². The summed E-state index contributed by atoms with van der Waals surface area (Å²) in [6, 6.07) is 9.09. The molecule has 2 aromatic rings. The molecule has 26 heavy (non-hydrogen) atoms. The van der Waals surface area contributed by atoms with Gasteiger partial charge >= 0.3 is 0 Å². The average Bonchev–Trinajstić information content (AvgIpc) is 3.09. The number of rotatable bonds is 8. The Balaban J connectivity index is 1.43. The van der Waals surface area contributed by atoms with Crippen molar-refractivity contribution in [3.63, 3.8) is 0 Å². The molecule has 1 saturated heterocycles. The van der Waals surface area contributed by atoms with E-state index in [0.29, 0.717) is 5.92 Å². The fourth-order valence-corrected chi connectivity index (χ4v) is 3.36. The Kier molecular flexibility index (Phi) is 6.80. The smallest absolute Gasteiger partial charge is 0.226 e. The molecule has 0 saturated carbocycles. The molecule has 1 aliphatic rings. The lowest BCUT2D eigenvalue weighted by atomic mass is 10.0. The van der Waals surface area contributed by atoms with Crippen LogP contribution in [0.3, 0.4) is 0 Å². The molecule has 5 heteroatoms. The van der Waals surface area contributed by atoms with Crippen LogP contribution in [0.5, 0.6) is 0 Å². The number of nitrogens with zero attached hydrogens (tertiary/aromatic N) is 4. The van der Waals surface area contributed by atoms with Gasteiger partial charge in [-0.2, -0.15) is 4.98 Å². The molecule has 0 radical (unpaired) electrons. The first-order valence-corrected chi connectivity index (χ1v) is 9.99. The molecule has 0 bridgehead atoms. The maximum absolute atomic E-state index is 5.34. The van der Waals surface area contributed by atoms with Gasteiger partial charge in [0.15, 0.2) is 5.82 Å². The van der Waals surface area contributed by atoms with Crippen LogP contribution in [0.4, 0.5) is 0 Å². The van der Waals surface area contributed by atoms with Crippen LogP contribution < -0.4 is 0 Å². The second-order valence-corrected chi connectivity index (χ2v) is 7.66. The number of aromatic nitrogens is 2. The number of hydrogen-bond donors (Lipinski definition) is 0. The van der Waals surface area contributed by atoms with Crippen molar-refractivity contribution in [3.8, 4) is 0 Å². The molecular formula is C21H32N4O. The SMILES string of the molecule is CCCCc1nc(CN2CCN(Cc3ccc(C(C)C)cc3)CC2)no1. The van der Waals surface area contributed by atoms with E-state index in [1.807, 2.05) is 0 Å². The van der Waals surface area contributed by atoms with Crippen LogP contribution in [0.2, 0.25) is 0 Å². The Hall–Kier alpha value is -1.72. The maximum Gasteiger partial charge on any atom is 0.226 e. The average molecular weight is 357 g/mol. The normalized spacial score (nSPS) is 16.5. The summed E-state index contributed by atoms with van der Waals surface area (Å²) < 4.78 is 5.34. The fourth-order valence-electron chi connectivity index (χ4n) is 3.36. The van der Waals surface area contributed by atoms with Crippen molar-refractivity contribution in [2.75, 3.05) is 26.2 Å². The van der Waals surface area contributed by atoms with Crippen LogP contribution in [0.25, 0.3) is 0 Å². The van der Waals surface area contributed by atoms with Crippen LogP contribution in [-0.4, -0.2) is 46.1 Å². The van der Waals surface area contributed by atoms with Crippen LogP contribution in [0.1, 0.15) is 62.4 Å². The minimum atomic E-state index is 0.597. The molecule has 0 aliphatic carbocycles. The first-order chi connectivity index (χ1) is 12.6. The van der Waals surface area contributed by atoms with Crippen LogP contribution in [0.15, 0.2) is 28.8 Å². The third-order valence-corrected chi connectivity index (χ3v) is 5.14. The second-order valence-electron chi connectivity index (χ2n) is 7.66. The van der Waals surface area contributed by atoms with Gasteiger partial charge in [0.25, 0.3) is 0 Å². The van der Waals surface area contributed by atoms with Crippen molar-refractivity contribution in [3.05, 3.63) is 47.1 Å². The van der Waals surface area contributed by atoms with Gasteiger partial charge in [0, 0.05) is 39.1 Å². The summed E-state index contributed by atoms with van der Waals surface area (Å²) >= 11 is 0. The largest absolute Gasteiger partial charge is 0.339 e. The molecule has 0 spiro atoms. The van der Waals surface area contributed by atoms with Crippen LogP contribution in [-0.2, 0) is 19.5 Å². The molecule has 2 heterocycles. The van der Waals surface area contributed by atoms with Crippen LogP contribution in [0, 0.1) is 0 Å². The van der Waals surface area contributed by atoms with E-state index >= 15 is 0 Å². The topological polar surface area (TPSA) is 45.4 Å². The zero-order valence-electron chi connectivity index (χ0n) is 16.4. The molecule has 3 rings (SSSR count). The third-order valence-electron chi connectivity index (χ3n) is 5.14. The first kappa shape index (κ1) is 19.1. The van der Waals surface area contributed by atoms with Gasteiger partial charge in [-0.3, -0.25) is 9.80 Å². The van der Waals surface area contributed by atoms with E-state index in [9.17, 15) is 0 Å². The molecule has 0 amide bonds. The summed E-state index contributed by atoms with van der Waals surface area (Å²) in [4.78, 5) is 9.47. The molecule has 1 aromatic heterocycles. The molecule has 0 atom stereocenters. The minimum Gasteiger partial charge on any atom is -0.339 e. The summed E-state index contributed by atoms with van der Waals surface area (Å²) in [5, 5.41) is 4.13. The zero-order valence-corrected chi connectivity index (χ0v) is 16.4. The van der Waals surface area contributed by atoms with Gasteiger partial charge in [0.1, 0.15) is 0 Å². The lowest BCUT2D eigenvalue weighted by Gasteiger charge is -2.34. The van der Waals surface area contributed by atoms with Gasteiger partial charge in [-0.1, -0.05) is 56.6 Å². The summed E-state index contributed by atoms with van der Waals surface area (Å²) in [6.45, 7) is 12.8. The first-order valence-electron chi connectivity index (χ1n) is 9.99. The molecular weight excluding hydrogens is 324 g/mol. The highest BCUT2D eigenvalue weighted by Crippen LogP contribution is 2.16. The van der Waals surface area contributed by atoms with Crippen molar-refractivity contribution < 1.29 is 4.52 Å². The Labute approximate surface area is 157 Å². The molecule has 1 aliphatic heterocycles. The van der Waals surface area contributed by atoms with Gasteiger partial charge in [-0.05, 0) is 23.5 Å². The molecule has 1 fully saturated rings. The minimum absolute atomic E-state index is 0.597. The highest BCUT2D eigenvalue weighted by molar-refractivity contribution is 5.24. The molecule has 0 N–H and O–H groups in total. The quantitative estimate of drug-likeness (QED) is 0.719. The third kappa shape index (κ3) is 5.39. The fraction of sp³-hybridized carbons (Fsp3) is 0.619. The Morgan fingerprint density at radius 2 is 1.65 bits per heavy atom. The number of hydrogen-bond acceptors (Lipinski definition) is 5. The Morgan fingerprint density at radius 1 is 1.00 bits per heavy atom. The second kappa shape index (κ2) is 9.28. The number of benzene rings is 1. The van der Waals surface area contributed by atoms with Crippen LogP contribution >= 0.6 is 0 Å². The van der Waals surface area contributed by atoms with Gasteiger partial charge in [0.05, 0.1) is 6.54 Å². The Morgan fingerprint density at radius 3 is 2.27 bits per heavy atom. The van der Waals surface area contributed by atoms with E-state index in [4.69, 9.17) is 4.52 Å². The molecule has 1 aromatic carbocycles. The van der Waals surface area contributed by atoms with Crippen molar-refractivity contribution in [1.29, 1.82) is 0 Å². The molecule has 0 unspecified atom stereocenters. The predicted molar refractivity (Wildman–Crippen MR) is 104 cm³/mol. The lowest BCUT2D eigenvalue weighted by Crippen LogP contribution is -2.45. The van der Waals surface area contributed by atoms with Gasteiger partial charge < -0.3 is 4.52 Å². The van der Waals surface area contributed by atoms with E-state index < -0.39 is 0 Å². The number of aryl methyl sites for hydroxylation is 1. The predicted octanol–water partition coefficient (Wildman–Crippen LogP) is 3.85. The van der Waals surface area contributed by atoms with E-state index in [0.717, 1.165) is 70.2 Å². The van der Waals surface area contributed by atoms with Gasteiger partial charge in [0.2, 0.25) is 5.89 Å². The van der Waals surface area contributed by atoms with Gasteiger partial charge in [-0.25, -0.2) is 0 Å². The Bertz CT molecular complexity index is 657. The highest BCUT2D eigenvalue weighted by Gasteiger charge is 2.19.